The summed E-state index contributed by atoms with van der Waals surface area (Å²) in [6, 6.07) is 0.340. The van der Waals surface area contributed by atoms with Crippen LogP contribution < -0.4 is 5.73 Å². The summed E-state index contributed by atoms with van der Waals surface area (Å²) in [5, 5.41) is 0. The van der Waals surface area contributed by atoms with Gasteiger partial charge in [-0.15, -0.1) is 0 Å². The van der Waals surface area contributed by atoms with Gasteiger partial charge in [-0.2, -0.15) is 0 Å². The van der Waals surface area contributed by atoms with Gasteiger partial charge in [-0.05, 0) is 44.6 Å². The third-order valence-electron chi connectivity index (χ3n) is 3.38. The zero-order valence-corrected chi connectivity index (χ0v) is 12.2. The Morgan fingerprint density at radius 1 is 1.18 bits per heavy atom. The van der Waals surface area contributed by atoms with Gasteiger partial charge in [-0.3, -0.25) is 4.79 Å². The number of rotatable bonds is 8. The van der Waals surface area contributed by atoms with E-state index in [9.17, 15) is 4.79 Å². The fourth-order valence-corrected chi connectivity index (χ4v) is 2.06. The number of amides is 1. The van der Waals surface area contributed by atoms with Crippen LogP contribution >= 0.6 is 0 Å². The van der Waals surface area contributed by atoms with Crippen LogP contribution in [0.4, 0.5) is 0 Å². The van der Waals surface area contributed by atoms with E-state index in [-0.39, 0.29) is 5.91 Å². The van der Waals surface area contributed by atoms with Crippen LogP contribution in [0.2, 0.25) is 0 Å². The first-order valence-electron chi connectivity index (χ1n) is 6.84. The van der Waals surface area contributed by atoms with Gasteiger partial charge < -0.3 is 10.6 Å². The van der Waals surface area contributed by atoms with Gasteiger partial charge in [0.2, 0.25) is 5.91 Å². The summed E-state index contributed by atoms with van der Waals surface area (Å²) in [6.45, 7) is 9.39. The molecule has 0 aliphatic carbocycles. The Hall–Kier alpha value is -0.570. The normalized spacial score (nSPS) is 14.8. The van der Waals surface area contributed by atoms with Gasteiger partial charge in [0.15, 0.2) is 0 Å². The van der Waals surface area contributed by atoms with Gasteiger partial charge in [-0.1, -0.05) is 20.8 Å². The van der Waals surface area contributed by atoms with Crippen molar-refractivity contribution >= 4 is 5.91 Å². The van der Waals surface area contributed by atoms with Crippen molar-refractivity contribution in [2.45, 2.75) is 59.4 Å². The highest BCUT2D eigenvalue weighted by molar-refractivity contribution is 5.76. The van der Waals surface area contributed by atoms with Crippen LogP contribution in [0, 0.1) is 11.8 Å². The van der Waals surface area contributed by atoms with Gasteiger partial charge in [0.1, 0.15) is 0 Å². The van der Waals surface area contributed by atoms with Crippen molar-refractivity contribution in [3.05, 3.63) is 0 Å². The third-order valence-corrected chi connectivity index (χ3v) is 3.38. The molecule has 0 aromatic carbocycles. The van der Waals surface area contributed by atoms with Crippen molar-refractivity contribution < 1.29 is 4.79 Å². The molecule has 0 aliphatic heterocycles. The lowest BCUT2D eigenvalue weighted by molar-refractivity contribution is -0.132. The smallest absolute Gasteiger partial charge is 0.222 e. The predicted molar refractivity (Wildman–Crippen MR) is 73.8 cm³/mol. The Balaban J connectivity index is 3.96. The molecule has 0 bridgehead atoms. The van der Waals surface area contributed by atoms with E-state index in [0.717, 1.165) is 25.8 Å². The van der Waals surface area contributed by atoms with Crippen LogP contribution in [-0.2, 0) is 4.79 Å². The van der Waals surface area contributed by atoms with Gasteiger partial charge in [-0.25, -0.2) is 0 Å². The van der Waals surface area contributed by atoms with E-state index >= 15 is 0 Å². The summed E-state index contributed by atoms with van der Waals surface area (Å²) in [5.41, 5.74) is 5.50. The third kappa shape index (κ3) is 7.37. The largest absolute Gasteiger partial charge is 0.343 e. The second-order valence-corrected chi connectivity index (χ2v) is 5.70. The second kappa shape index (κ2) is 8.51. The standard InChI is InChI=1S/C14H30N2O/c1-11(2)10-13(4)16(5)14(17)7-6-12(3)8-9-15/h11-13H,6-10,15H2,1-5H3. The molecule has 0 radical (unpaired) electrons. The molecule has 17 heavy (non-hydrogen) atoms. The topological polar surface area (TPSA) is 46.3 Å². The average Bonchev–Trinajstić information content (AvgIpc) is 2.24. The molecule has 0 heterocycles. The van der Waals surface area contributed by atoms with Crippen molar-refractivity contribution in [1.29, 1.82) is 0 Å². The van der Waals surface area contributed by atoms with Gasteiger partial charge in [0.05, 0.1) is 0 Å². The Kier molecular flexibility index (Phi) is 8.23. The van der Waals surface area contributed by atoms with Crippen molar-refractivity contribution in [2.24, 2.45) is 17.6 Å². The molecule has 0 aromatic heterocycles. The summed E-state index contributed by atoms with van der Waals surface area (Å²) >= 11 is 0. The number of hydrogen-bond acceptors (Lipinski definition) is 2. The molecular weight excluding hydrogens is 212 g/mol. The van der Waals surface area contributed by atoms with Crippen LogP contribution in [0.3, 0.4) is 0 Å². The minimum atomic E-state index is 0.266. The maximum atomic E-state index is 12.0. The molecule has 2 unspecified atom stereocenters. The monoisotopic (exact) mass is 242 g/mol. The van der Waals surface area contributed by atoms with Crippen LogP contribution in [0.25, 0.3) is 0 Å². The van der Waals surface area contributed by atoms with E-state index in [4.69, 9.17) is 5.73 Å². The lowest BCUT2D eigenvalue weighted by atomic mass is 10.0. The molecule has 2 N–H and O–H groups in total. The number of nitrogens with zero attached hydrogens (tertiary/aromatic N) is 1. The van der Waals surface area contributed by atoms with Crippen molar-refractivity contribution in [3.8, 4) is 0 Å². The van der Waals surface area contributed by atoms with Crippen LogP contribution in [-0.4, -0.2) is 30.4 Å². The fraction of sp³-hybridized carbons (Fsp3) is 0.929. The molecule has 0 saturated carbocycles. The molecule has 0 spiro atoms. The van der Waals surface area contributed by atoms with Crippen LogP contribution in [0.15, 0.2) is 0 Å². The highest BCUT2D eigenvalue weighted by Gasteiger charge is 2.17. The molecule has 3 nitrogen and oxygen atoms in total. The molecule has 3 heteroatoms. The second-order valence-electron chi connectivity index (χ2n) is 5.70. The van der Waals surface area contributed by atoms with Crippen molar-refractivity contribution in [2.75, 3.05) is 13.6 Å². The quantitative estimate of drug-likeness (QED) is 0.711. The Bertz CT molecular complexity index is 216. The van der Waals surface area contributed by atoms with Gasteiger partial charge in [0.25, 0.3) is 0 Å². The molecule has 1 amide bonds. The first-order chi connectivity index (χ1) is 7.88. The highest BCUT2D eigenvalue weighted by Crippen LogP contribution is 2.14. The van der Waals surface area contributed by atoms with Crippen molar-refractivity contribution in [3.63, 3.8) is 0 Å². The van der Waals surface area contributed by atoms with E-state index in [1.165, 1.54) is 0 Å². The number of carbonyl (C=O) groups excluding carboxylic acids is 1. The minimum Gasteiger partial charge on any atom is -0.343 e. The lowest BCUT2D eigenvalue weighted by Gasteiger charge is -2.26. The first kappa shape index (κ1) is 16.4. The summed E-state index contributed by atoms with van der Waals surface area (Å²) in [4.78, 5) is 13.9. The van der Waals surface area contributed by atoms with Crippen LogP contribution in [0.1, 0.15) is 53.4 Å². The summed E-state index contributed by atoms with van der Waals surface area (Å²) in [6.07, 6.45) is 3.69. The molecule has 0 aliphatic rings. The van der Waals surface area contributed by atoms with E-state index in [1.54, 1.807) is 0 Å². The zero-order chi connectivity index (χ0) is 13.4. The highest BCUT2D eigenvalue weighted by atomic mass is 16.2. The number of nitrogens with two attached hydrogens (primary N) is 1. The summed E-state index contributed by atoms with van der Waals surface area (Å²) in [5.74, 6) is 1.45. The van der Waals surface area contributed by atoms with E-state index in [2.05, 4.69) is 27.7 Å². The predicted octanol–water partition coefficient (Wildman–Crippen LogP) is 2.64. The molecule has 0 saturated heterocycles. The zero-order valence-electron chi connectivity index (χ0n) is 12.2. The van der Waals surface area contributed by atoms with E-state index in [1.807, 2.05) is 11.9 Å². The Labute approximate surface area is 107 Å². The molecule has 2 atom stereocenters. The number of hydrogen-bond donors (Lipinski definition) is 1. The lowest BCUT2D eigenvalue weighted by Crippen LogP contribution is -2.36. The Morgan fingerprint density at radius 2 is 1.76 bits per heavy atom. The number of carbonyl (C=O) groups is 1. The molecule has 0 aromatic rings. The summed E-state index contributed by atoms with van der Waals surface area (Å²) < 4.78 is 0. The first-order valence-corrected chi connectivity index (χ1v) is 6.84. The minimum absolute atomic E-state index is 0.266. The maximum Gasteiger partial charge on any atom is 0.222 e. The molecular formula is C14H30N2O. The average molecular weight is 242 g/mol. The van der Waals surface area contributed by atoms with E-state index in [0.29, 0.717) is 24.3 Å². The van der Waals surface area contributed by atoms with Crippen LogP contribution in [0.5, 0.6) is 0 Å². The fourth-order valence-electron chi connectivity index (χ4n) is 2.06. The summed E-state index contributed by atoms with van der Waals surface area (Å²) in [7, 11) is 1.92. The SMILES string of the molecule is CC(C)CC(C)N(C)C(=O)CCC(C)CCN. The van der Waals surface area contributed by atoms with Crippen molar-refractivity contribution in [1.82, 2.24) is 4.90 Å². The van der Waals surface area contributed by atoms with E-state index < -0.39 is 0 Å². The van der Waals surface area contributed by atoms with Gasteiger partial charge >= 0.3 is 0 Å². The molecule has 102 valence electrons. The Morgan fingerprint density at radius 3 is 2.24 bits per heavy atom. The molecule has 0 rings (SSSR count). The maximum absolute atomic E-state index is 12.0. The van der Waals surface area contributed by atoms with Gasteiger partial charge in [0, 0.05) is 19.5 Å². The molecule has 0 fully saturated rings.